The molecule has 1 spiro atoms. The van der Waals surface area contributed by atoms with Crippen molar-refractivity contribution in [3.63, 3.8) is 0 Å². The van der Waals surface area contributed by atoms with Crippen LogP contribution in [0.3, 0.4) is 0 Å². The summed E-state index contributed by atoms with van der Waals surface area (Å²) in [6, 6.07) is 0.530. The maximum atomic E-state index is 10.3. The van der Waals surface area contributed by atoms with Crippen LogP contribution in [0, 0.1) is 35.0 Å². The van der Waals surface area contributed by atoms with Gasteiger partial charge in [0.15, 0.2) is 0 Å². The summed E-state index contributed by atoms with van der Waals surface area (Å²) >= 11 is 0. The van der Waals surface area contributed by atoms with Crippen molar-refractivity contribution >= 4 is 0 Å². The molecule has 0 amide bonds. The highest BCUT2D eigenvalue weighted by Crippen LogP contribution is 2.65. The first-order chi connectivity index (χ1) is 14.3. The van der Waals surface area contributed by atoms with E-state index < -0.39 is 0 Å². The van der Waals surface area contributed by atoms with E-state index in [0.717, 1.165) is 43.1 Å². The molecule has 166 valence electrons. The molecule has 4 fully saturated rings. The van der Waals surface area contributed by atoms with Crippen molar-refractivity contribution in [3.8, 4) is 0 Å². The van der Waals surface area contributed by atoms with Crippen molar-refractivity contribution in [2.45, 2.75) is 103 Å². The summed E-state index contributed by atoms with van der Waals surface area (Å²) in [5.74, 6) is 3.64. The Bertz CT molecular complexity index is 801. The molecular formula is C27H41NO2. The number of allylic oxidation sites excluding steroid dienone is 2. The Morgan fingerprint density at radius 3 is 2.83 bits per heavy atom. The Kier molecular flexibility index (Phi) is 4.46. The molecule has 2 aliphatic heterocycles. The standard InChI is InChI=1S/C27H41NO2/c1-15-11-24-25(28-14-15)17(3)27(30-24)10-8-20-21-6-5-18-12-19(29)7-9-26(18,4)23(21)13-22(20)16(27)2/h5,15,17,19-21,23-25,28-29H,6-14H2,1-4H3/t15?,17-,19?,20+,21-,23-,24+,25+,26-,27-/m1/s1. The van der Waals surface area contributed by atoms with Crippen LogP contribution in [0.2, 0.25) is 0 Å². The largest absolute Gasteiger partial charge is 0.393 e. The van der Waals surface area contributed by atoms with Gasteiger partial charge in [-0.25, -0.2) is 0 Å². The molecule has 30 heavy (non-hydrogen) atoms. The number of hydrogen-bond acceptors (Lipinski definition) is 3. The van der Waals surface area contributed by atoms with Gasteiger partial charge in [-0.3, -0.25) is 0 Å². The molecule has 3 nitrogen and oxygen atoms in total. The van der Waals surface area contributed by atoms with Crippen LogP contribution < -0.4 is 5.32 Å². The van der Waals surface area contributed by atoms with Crippen molar-refractivity contribution in [1.82, 2.24) is 5.32 Å². The molecule has 10 atom stereocenters. The summed E-state index contributed by atoms with van der Waals surface area (Å²) in [6.45, 7) is 10.9. The van der Waals surface area contributed by atoms with Crippen molar-refractivity contribution in [2.75, 3.05) is 6.54 Å². The van der Waals surface area contributed by atoms with E-state index in [1.165, 1.54) is 38.5 Å². The number of rotatable bonds is 0. The molecule has 0 radical (unpaired) electrons. The second-order valence-electron chi connectivity index (χ2n) is 12.2. The van der Waals surface area contributed by atoms with Gasteiger partial charge in [0, 0.05) is 12.0 Å². The topological polar surface area (TPSA) is 41.5 Å². The Labute approximate surface area is 182 Å². The number of fused-ring (bicyclic) bond motifs is 6. The van der Waals surface area contributed by atoms with E-state index in [9.17, 15) is 5.11 Å². The van der Waals surface area contributed by atoms with Gasteiger partial charge in [-0.15, -0.1) is 0 Å². The van der Waals surface area contributed by atoms with Gasteiger partial charge in [0.05, 0.1) is 17.8 Å². The molecular weight excluding hydrogens is 370 g/mol. The SMILES string of the molecule is CC1=C2C[C@@H]3[C@H](CC=C4CC(O)CC[C@]43C)[C@@H]2CC[C@@]12O[C@H]1CC(C)CN[C@H]1[C@H]2C. The van der Waals surface area contributed by atoms with Gasteiger partial charge in [-0.05, 0) is 99.5 Å². The lowest BCUT2D eigenvalue weighted by atomic mass is 9.56. The van der Waals surface area contributed by atoms with Gasteiger partial charge in [-0.2, -0.15) is 0 Å². The zero-order valence-electron chi connectivity index (χ0n) is 19.4. The van der Waals surface area contributed by atoms with Crippen LogP contribution in [0.15, 0.2) is 22.8 Å². The lowest BCUT2D eigenvalue weighted by Crippen LogP contribution is -2.49. The Hall–Kier alpha value is -0.640. The minimum atomic E-state index is -0.111. The van der Waals surface area contributed by atoms with Gasteiger partial charge in [0.1, 0.15) is 0 Å². The molecule has 0 aromatic heterocycles. The van der Waals surface area contributed by atoms with Crippen LogP contribution >= 0.6 is 0 Å². The average Bonchev–Trinajstić information content (AvgIpc) is 3.23. The average molecular weight is 412 g/mol. The number of piperidine rings is 1. The zero-order chi connectivity index (χ0) is 20.8. The molecule has 2 heterocycles. The molecule has 0 aromatic carbocycles. The van der Waals surface area contributed by atoms with E-state index in [4.69, 9.17) is 4.74 Å². The van der Waals surface area contributed by atoms with Gasteiger partial charge in [0.25, 0.3) is 0 Å². The molecule has 2 saturated heterocycles. The normalized spacial score (nSPS) is 55.0. The fourth-order valence-electron chi connectivity index (χ4n) is 9.09. The second kappa shape index (κ2) is 6.68. The number of aliphatic hydroxyl groups excluding tert-OH is 1. The molecule has 2 unspecified atom stereocenters. The predicted octanol–water partition coefficient (Wildman–Crippen LogP) is 5.00. The van der Waals surface area contributed by atoms with E-state index >= 15 is 0 Å². The molecule has 0 aromatic rings. The highest BCUT2D eigenvalue weighted by molar-refractivity contribution is 5.38. The van der Waals surface area contributed by atoms with Crippen LogP contribution in [-0.2, 0) is 4.74 Å². The highest BCUT2D eigenvalue weighted by atomic mass is 16.5. The quantitative estimate of drug-likeness (QED) is 0.551. The summed E-state index contributed by atoms with van der Waals surface area (Å²) in [6.07, 6.45) is 12.2. The van der Waals surface area contributed by atoms with E-state index in [1.54, 1.807) is 16.7 Å². The minimum Gasteiger partial charge on any atom is -0.393 e. The molecule has 3 heteroatoms. The van der Waals surface area contributed by atoms with Crippen molar-refractivity contribution in [2.24, 2.45) is 35.0 Å². The van der Waals surface area contributed by atoms with Crippen LogP contribution in [0.1, 0.15) is 79.1 Å². The highest BCUT2D eigenvalue weighted by Gasteiger charge is 2.60. The summed E-state index contributed by atoms with van der Waals surface area (Å²) in [5, 5.41) is 14.1. The number of nitrogens with one attached hydrogen (secondary N) is 1. The third-order valence-corrected chi connectivity index (χ3v) is 10.9. The van der Waals surface area contributed by atoms with Crippen LogP contribution in [0.25, 0.3) is 0 Å². The van der Waals surface area contributed by atoms with E-state index in [0.29, 0.717) is 23.5 Å². The fraction of sp³-hybridized carbons (Fsp3) is 0.852. The van der Waals surface area contributed by atoms with Crippen LogP contribution in [0.5, 0.6) is 0 Å². The maximum Gasteiger partial charge on any atom is 0.0937 e. The third kappa shape index (κ3) is 2.55. The molecule has 0 bridgehead atoms. The number of ether oxygens (including phenoxy) is 1. The first-order valence-corrected chi connectivity index (χ1v) is 12.8. The van der Waals surface area contributed by atoms with Crippen LogP contribution in [-0.4, -0.2) is 35.5 Å². The van der Waals surface area contributed by atoms with E-state index in [2.05, 4.69) is 39.1 Å². The van der Waals surface area contributed by atoms with E-state index in [-0.39, 0.29) is 11.7 Å². The fourth-order valence-corrected chi connectivity index (χ4v) is 9.09. The van der Waals surface area contributed by atoms with Gasteiger partial charge >= 0.3 is 0 Å². The monoisotopic (exact) mass is 411 g/mol. The smallest absolute Gasteiger partial charge is 0.0937 e. The van der Waals surface area contributed by atoms with Crippen LogP contribution in [0.4, 0.5) is 0 Å². The zero-order valence-corrected chi connectivity index (χ0v) is 19.4. The first kappa shape index (κ1) is 20.0. The third-order valence-electron chi connectivity index (χ3n) is 10.9. The van der Waals surface area contributed by atoms with Gasteiger partial charge in [-0.1, -0.05) is 38.0 Å². The minimum absolute atomic E-state index is 0.0222. The number of aliphatic hydroxyl groups is 1. The molecule has 6 rings (SSSR count). The summed E-state index contributed by atoms with van der Waals surface area (Å²) in [5.41, 5.74) is 5.25. The molecule has 4 aliphatic carbocycles. The van der Waals surface area contributed by atoms with Crippen molar-refractivity contribution < 1.29 is 9.84 Å². The predicted molar refractivity (Wildman–Crippen MR) is 120 cm³/mol. The first-order valence-electron chi connectivity index (χ1n) is 12.8. The maximum absolute atomic E-state index is 10.3. The van der Waals surface area contributed by atoms with Crippen molar-refractivity contribution in [3.05, 3.63) is 22.8 Å². The van der Waals surface area contributed by atoms with Gasteiger partial charge < -0.3 is 15.2 Å². The Morgan fingerprint density at radius 1 is 1.17 bits per heavy atom. The molecule has 6 aliphatic rings. The van der Waals surface area contributed by atoms with E-state index in [1.807, 2.05) is 0 Å². The van der Waals surface area contributed by atoms with Gasteiger partial charge in [0.2, 0.25) is 0 Å². The summed E-state index contributed by atoms with van der Waals surface area (Å²) in [4.78, 5) is 0. The molecule has 2 N–H and O–H groups in total. The Balaban J connectivity index is 1.34. The summed E-state index contributed by atoms with van der Waals surface area (Å²) < 4.78 is 7.03. The molecule has 2 saturated carbocycles. The number of hydrogen-bond donors (Lipinski definition) is 2. The summed E-state index contributed by atoms with van der Waals surface area (Å²) in [7, 11) is 0. The lowest BCUT2D eigenvalue weighted by molar-refractivity contribution is -0.0549. The Morgan fingerprint density at radius 2 is 2.00 bits per heavy atom. The lowest BCUT2D eigenvalue weighted by Gasteiger charge is -2.49. The van der Waals surface area contributed by atoms with Crippen molar-refractivity contribution in [1.29, 1.82) is 0 Å². The second-order valence-corrected chi connectivity index (χ2v) is 12.2.